The number of amides is 3. The van der Waals surface area contributed by atoms with Gasteiger partial charge < -0.3 is 4.90 Å². The highest BCUT2D eigenvalue weighted by atomic mass is 19.1. The SMILES string of the molecule is O=C1C2C3C=CC(C3)C2C(=O)N1CC(=O)N(Cc1ccc(F)cc1)C1CCCCC1. The van der Waals surface area contributed by atoms with Crippen LogP contribution in [0.5, 0.6) is 0 Å². The van der Waals surface area contributed by atoms with E-state index in [4.69, 9.17) is 0 Å². The third-order valence-corrected chi connectivity index (χ3v) is 7.46. The van der Waals surface area contributed by atoms with E-state index in [2.05, 4.69) is 12.2 Å². The first-order valence-corrected chi connectivity index (χ1v) is 11.1. The van der Waals surface area contributed by atoms with Gasteiger partial charge in [-0.1, -0.05) is 43.5 Å². The highest BCUT2D eigenvalue weighted by Gasteiger charge is 2.59. The van der Waals surface area contributed by atoms with Gasteiger partial charge in [-0.15, -0.1) is 0 Å². The molecule has 1 heterocycles. The maximum atomic E-state index is 13.3. The number of hydrogen-bond donors (Lipinski definition) is 0. The summed E-state index contributed by atoms with van der Waals surface area (Å²) in [4.78, 5) is 42.3. The third-order valence-electron chi connectivity index (χ3n) is 7.46. The van der Waals surface area contributed by atoms with Crippen LogP contribution in [0.4, 0.5) is 4.39 Å². The number of hydrogen-bond acceptors (Lipinski definition) is 3. The lowest BCUT2D eigenvalue weighted by Gasteiger charge is -2.35. The molecule has 5 nitrogen and oxygen atoms in total. The minimum Gasteiger partial charge on any atom is -0.334 e. The molecule has 1 saturated heterocycles. The highest BCUT2D eigenvalue weighted by Crippen LogP contribution is 2.52. The molecule has 4 aliphatic rings. The average molecular weight is 410 g/mol. The first kappa shape index (κ1) is 19.5. The number of likely N-dealkylation sites (tertiary alicyclic amines) is 1. The van der Waals surface area contributed by atoms with Gasteiger partial charge in [-0.05, 0) is 48.8 Å². The van der Waals surface area contributed by atoms with E-state index in [1.165, 1.54) is 17.0 Å². The minimum absolute atomic E-state index is 0.0986. The van der Waals surface area contributed by atoms with Crippen LogP contribution in [0.25, 0.3) is 0 Å². The van der Waals surface area contributed by atoms with Gasteiger partial charge in [0, 0.05) is 12.6 Å². The van der Waals surface area contributed by atoms with Crippen molar-refractivity contribution in [2.24, 2.45) is 23.7 Å². The second kappa shape index (κ2) is 7.64. The second-order valence-corrected chi connectivity index (χ2v) is 9.20. The summed E-state index contributed by atoms with van der Waals surface area (Å²) in [5, 5.41) is 0. The minimum atomic E-state index is -0.308. The number of allylic oxidation sites excluding steroid dienone is 2. The lowest BCUT2D eigenvalue weighted by molar-refractivity contribution is -0.148. The molecule has 1 aromatic carbocycles. The third kappa shape index (κ3) is 3.26. The molecule has 3 fully saturated rings. The molecular formula is C24H27FN2O3. The molecule has 3 aliphatic carbocycles. The quantitative estimate of drug-likeness (QED) is 0.553. The van der Waals surface area contributed by atoms with Gasteiger partial charge in [0.15, 0.2) is 0 Å². The Labute approximate surface area is 175 Å². The maximum absolute atomic E-state index is 13.3. The Morgan fingerprint density at radius 3 is 2.17 bits per heavy atom. The Morgan fingerprint density at radius 1 is 0.967 bits per heavy atom. The molecular weight excluding hydrogens is 383 g/mol. The van der Waals surface area contributed by atoms with Crippen molar-refractivity contribution in [1.29, 1.82) is 0 Å². The highest BCUT2D eigenvalue weighted by molar-refractivity contribution is 6.08. The zero-order chi connectivity index (χ0) is 20.8. The number of nitrogens with zero attached hydrogens (tertiary/aromatic N) is 2. The summed E-state index contributed by atoms with van der Waals surface area (Å²) in [6.45, 7) is 0.196. The summed E-state index contributed by atoms with van der Waals surface area (Å²) in [7, 11) is 0. The van der Waals surface area contributed by atoms with E-state index in [1.54, 1.807) is 12.1 Å². The van der Waals surface area contributed by atoms with Crippen LogP contribution in [0.3, 0.4) is 0 Å². The van der Waals surface area contributed by atoms with E-state index < -0.39 is 0 Å². The van der Waals surface area contributed by atoms with E-state index in [0.29, 0.717) is 6.54 Å². The van der Waals surface area contributed by atoms with Crippen molar-refractivity contribution in [3.8, 4) is 0 Å². The fourth-order valence-corrected chi connectivity index (χ4v) is 5.95. The molecule has 158 valence electrons. The standard InChI is InChI=1S/C24H27FN2O3/c25-18-10-6-15(7-11-18)13-26(19-4-2-1-3-5-19)20(28)14-27-23(29)21-16-8-9-17(12-16)22(21)24(27)30/h6-11,16-17,19,21-22H,1-5,12-14H2. The molecule has 2 saturated carbocycles. The number of halogens is 1. The predicted molar refractivity (Wildman–Crippen MR) is 108 cm³/mol. The smallest absolute Gasteiger partial charge is 0.243 e. The molecule has 1 aliphatic heterocycles. The van der Waals surface area contributed by atoms with Gasteiger partial charge in [-0.2, -0.15) is 0 Å². The zero-order valence-electron chi connectivity index (χ0n) is 17.0. The van der Waals surface area contributed by atoms with E-state index >= 15 is 0 Å². The van der Waals surface area contributed by atoms with Crippen molar-refractivity contribution in [2.75, 3.05) is 6.54 Å². The van der Waals surface area contributed by atoms with Crippen LogP contribution in [-0.2, 0) is 20.9 Å². The van der Waals surface area contributed by atoms with Crippen LogP contribution in [0, 0.1) is 29.5 Å². The monoisotopic (exact) mass is 410 g/mol. The largest absolute Gasteiger partial charge is 0.334 e. The molecule has 0 N–H and O–H groups in total. The Kier molecular flexibility index (Phi) is 4.95. The molecule has 6 heteroatoms. The van der Waals surface area contributed by atoms with E-state index in [-0.39, 0.29) is 59.8 Å². The maximum Gasteiger partial charge on any atom is 0.243 e. The fraction of sp³-hybridized carbons (Fsp3) is 0.542. The first-order chi connectivity index (χ1) is 14.5. The van der Waals surface area contributed by atoms with Crippen LogP contribution in [0.15, 0.2) is 36.4 Å². The summed E-state index contributed by atoms with van der Waals surface area (Å²) in [5.41, 5.74) is 0.855. The summed E-state index contributed by atoms with van der Waals surface area (Å²) in [6, 6.07) is 6.28. The molecule has 4 unspecified atom stereocenters. The van der Waals surface area contributed by atoms with Gasteiger partial charge >= 0.3 is 0 Å². The molecule has 0 spiro atoms. The lowest BCUT2D eigenvalue weighted by Crippen LogP contribution is -2.47. The number of fused-ring (bicyclic) bond motifs is 5. The lowest BCUT2D eigenvalue weighted by atomic mass is 9.85. The Bertz CT molecular complexity index is 860. The molecule has 1 aromatic rings. The van der Waals surface area contributed by atoms with Crippen LogP contribution >= 0.6 is 0 Å². The van der Waals surface area contributed by atoms with Crippen LogP contribution < -0.4 is 0 Å². The summed E-state index contributed by atoms with van der Waals surface area (Å²) < 4.78 is 13.3. The van der Waals surface area contributed by atoms with Crippen molar-refractivity contribution in [1.82, 2.24) is 9.80 Å². The number of imide groups is 1. The number of carbonyl (C=O) groups is 3. The molecule has 2 bridgehead atoms. The molecule has 5 rings (SSSR count). The summed E-state index contributed by atoms with van der Waals surface area (Å²) >= 11 is 0. The van der Waals surface area contributed by atoms with Gasteiger partial charge in [-0.25, -0.2) is 4.39 Å². The molecule has 0 radical (unpaired) electrons. The Hall–Kier alpha value is -2.50. The van der Waals surface area contributed by atoms with Crippen molar-refractivity contribution >= 4 is 17.7 Å². The van der Waals surface area contributed by atoms with Crippen molar-refractivity contribution in [3.63, 3.8) is 0 Å². The van der Waals surface area contributed by atoms with E-state index in [9.17, 15) is 18.8 Å². The van der Waals surface area contributed by atoms with Gasteiger partial charge in [0.05, 0.1) is 11.8 Å². The predicted octanol–water partition coefficient (Wildman–Crippen LogP) is 3.29. The molecule has 0 aromatic heterocycles. The van der Waals surface area contributed by atoms with E-state index in [1.807, 2.05) is 4.90 Å². The van der Waals surface area contributed by atoms with E-state index in [0.717, 1.165) is 44.1 Å². The first-order valence-electron chi connectivity index (χ1n) is 11.1. The van der Waals surface area contributed by atoms with Gasteiger partial charge in [0.25, 0.3) is 0 Å². The molecule has 4 atom stereocenters. The topological polar surface area (TPSA) is 57.7 Å². The number of rotatable bonds is 5. The molecule has 30 heavy (non-hydrogen) atoms. The number of benzene rings is 1. The summed E-state index contributed by atoms with van der Waals surface area (Å²) in [6.07, 6.45) is 10.2. The molecule has 3 amide bonds. The second-order valence-electron chi connectivity index (χ2n) is 9.20. The van der Waals surface area contributed by atoms with Crippen LogP contribution in [-0.4, -0.2) is 40.1 Å². The Morgan fingerprint density at radius 2 is 1.57 bits per heavy atom. The Balaban J connectivity index is 1.34. The van der Waals surface area contributed by atoms with Crippen molar-refractivity contribution in [3.05, 3.63) is 47.8 Å². The van der Waals surface area contributed by atoms with Crippen molar-refractivity contribution < 1.29 is 18.8 Å². The fourth-order valence-electron chi connectivity index (χ4n) is 5.95. The number of carbonyl (C=O) groups excluding carboxylic acids is 3. The van der Waals surface area contributed by atoms with Crippen molar-refractivity contribution in [2.45, 2.75) is 51.1 Å². The van der Waals surface area contributed by atoms with Crippen LogP contribution in [0.2, 0.25) is 0 Å². The average Bonchev–Trinajstić information content (AvgIpc) is 3.44. The zero-order valence-corrected chi connectivity index (χ0v) is 17.0. The van der Waals surface area contributed by atoms with Gasteiger partial charge in [0.1, 0.15) is 12.4 Å². The van der Waals surface area contributed by atoms with Gasteiger partial charge in [-0.3, -0.25) is 19.3 Å². The summed E-state index contributed by atoms with van der Waals surface area (Å²) in [5.74, 6) is -1.12. The normalized spacial score (nSPS) is 30.2. The van der Waals surface area contributed by atoms with Crippen LogP contribution in [0.1, 0.15) is 44.1 Å². The van der Waals surface area contributed by atoms with Gasteiger partial charge in [0.2, 0.25) is 17.7 Å².